The second kappa shape index (κ2) is 4.67. The predicted molar refractivity (Wildman–Crippen MR) is 65.4 cm³/mol. The maximum absolute atomic E-state index is 6.19. The van der Waals surface area contributed by atoms with Crippen molar-refractivity contribution in [1.82, 2.24) is 0 Å². The molecule has 2 atom stereocenters. The summed E-state index contributed by atoms with van der Waals surface area (Å²) in [5, 5.41) is 0.930. The maximum atomic E-state index is 6.19. The fourth-order valence-electron chi connectivity index (χ4n) is 2.22. The van der Waals surface area contributed by atoms with Gasteiger partial charge in [-0.25, -0.2) is 0 Å². The summed E-state index contributed by atoms with van der Waals surface area (Å²) in [5.74, 6) is 0.654. The van der Waals surface area contributed by atoms with Gasteiger partial charge in [-0.15, -0.1) is 0 Å². The minimum Gasteiger partial charge on any atom is -0.0890 e. The normalized spacial score (nSPS) is 27.6. The van der Waals surface area contributed by atoms with E-state index in [4.69, 9.17) is 11.6 Å². The van der Waals surface area contributed by atoms with Gasteiger partial charge in [0.15, 0.2) is 0 Å². The average Bonchev–Trinajstić information content (AvgIpc) is 2.18. The minimum atomic E-state index is 0.654. The smallest absolute Gasteiger partial charge is 0.0440 e. The third-order valence-electron chi connectivity index (χ3n) is 2.96. The Hall–Kier alpha value is -0.0100. The number of hydrogen-bond acceptors (Lipinski definition) is 0. The summed E-state index contributed by atoms with van der Waals surface area (Å²) in [7, 11) is 0. The molecular weight excluding hydrogens is 259 g/mol. The van der Waals surface area contributed by atoms with Crippen molar-refractivity contribution in [3.8, 4) is 0 Å². The van der Waals surface area contributed by atoms with Gasteiger partial charge < -0.3 is 0 Å². The first-order valence-corrected chi connectivity index (χ1v) is 6.45. The Kier molecular flexibility index (Phi) is 3.51. The predicted octanol–water partition coefficient (Wildman–Crippen LogP) is 4.76. The number of alkyl halides is 1. The van der Waals surface area contributed by atoms with E-state index in [2.05, 4.69) is 28.1 Å². The number of hydrogen-bond donors (Lipinski definition) is 0. The van der Waals surface area contributed by atoms with Crippen molar-refractivity contribution in [2.75, 3.05) is 0 Å². The number of rotatable bonds is 1. The van der Waals surface area contributed by atoms with E-state index in [9.17, 15) is 0 Å². The molecule has 1 aliphatic rings. The first-order valence-electron chi connectivity index (χ1n) is 5.16. The lowest BCUT2D eigenvalue weighted by Crippen LogP contribution is -2.13. The highest BCUT2D eigenvalue weighted by atomic mass is 79.9. The SMILES string of the molecule is Clc1ccccc1C1CCCC(Br)C1. The van der Waals surface area contributed by atoms with Gasteiger partial charge in [0.1, 0.15) is 0 Å². The van der Waals surface area contributed by atoms with Gasteiger partial charge >= 0.3 is 0 Å². The molecular formula is C12H14BrCl. The highest BCUT2D eigenvalue weighted by Gasteiger charge is 2.22. The van der Waals surface area contributed by atoms with Gasteiger partial charge in [-0.3, -0.25) is 0 Å². The van der Waals surface area contributed by atoms with E-state index in [0.717, 1.165) is 5.02 Å². The first kappa shape index (κ1) is 10.5. The lowest BCUT2D eigenvalue weighted by molar-refractivity contribution is 0.458. The lowest BCUT2D eigenvalue weighted by atomic mass is 9.84. The van der Waals surface area contributed by atoms with Crippen LogP contribution in [0.5, 0.6) is 0 Å². The van der Waals surface area contributed by atoms with Crippen molar-refractivity contribution in [2.24, 2.45) is 0 Å². The zero-order valence-electron chi connectivity index (χ0n) is 8.05. The Morgan fingerprint density at radius 3 is 2.71 bits per heavy atom. The Bertz CT molecular complexity index is 311. The van der Waals surface area contributed by atoms with Crippen LogP contribution in [0, 0.1) is 0 Å². The van der Waals surface area contributed by atoms with E-state index < -0.39 is 0 Å². The summed E-state index contributed by atoms with van der Waals surface area (Å²) in [6.07, 6.45) is 5.13. The van der Waals surface area contributed by atoms with E-state index in [1.54, 1.807) is 0 Å². The highest BCUT2D eigenvalue weighted by Crippen LogP contribution is 2.38. The van der Waals surface area contributed by atoms with E-state index in [1.807, 2.05) is 12.1 Å². The van der Waals surface area contributed by atoms with Crippen LogP contribution < -0.4 is 0 Å². The molecule has 76 valence electrons. The van der Waals surface area contributed by atoms with Crippen LogP contribution in [0.15, 0.2) is 24.3 Å². The molecule has 0 saturated heterocycles. The molecule has 0 heterocycles. The zero-order valence-corrected chi connectivity index (χ0v) is 10.4. The van der Waals surface area contributed by atoms with Gasteiger partial charge in [0.25, 0.3) is 0 Å². The van der Waals surface area contributed by atoms with E-state index in [-0.39, 0.29) is 0 Å². The standard InChI is InChI=1S/C12H14BrCl/c13-10-5-3-4-9(8-10)11-6-1-2-7-12(11)14/h1-2,6-7,9-10H,3-5,8H2. The number of halogens is 2. The Balaban J connectivity index is 2.18. The topological polar surface area (TPSA) is 0 Å². The molecule has 1 aromatic carbocycles. The monoisotopic (exact) mass is 272 g/mol. The highest BCUT2D eigenvalue weighted by molar-refractivity contribution is 9.09. The fraction of sp³-hybridized carbons (Fsp3) is 0.500. The van der Waals surface area contributed by atoms with Crippen molar-refractivity contribution in [1.29, 1.82) is 0 Å². The van der Waals surface area contributed by atoms with Crippen molar-refractivity contribution < 1.29 is 0 Å². The Morgan fingerprint density at radius 2 is 2.00 bits per heavy atom. The molecule has 2 rings (SSSR count). The summed E-state index contributed by atoms with van der Waals surface area (Å²) < 4.78 is 0. The van der Waals surface area contributed by atoms with Crippen LogP contribution in [0.3, 0.4) is 0 Å². The molecule has 0 radical (unpaired) electrons. The molecule has 14 heavy (non-hydrogen) atoms. The molecule has 1 saturated carbocycles. The van der Waals surface area contributed by atoms with Gasteiger partial charge in [-0.2, -0.15) is 0 Å². The summed E-state index contributed by atoms with van der Waals surface area (Å²) in [6.45, 7) is 0. The van der Waals surface area contributed by atoms with Gasteiger partial charge in [0.05, 0.1) is 0 Å². The molecule has 0 bridgehead atoms. The summed E-state index contributed by atoms with van der Waals surface area (Å²) in [5.41, 5.74) is 1.33. The second-order valence-corrected chi connectivity index (χ2v) is 5.68. The molecule has 0 aliphatic heterocycles. The summed E-state index contributed by atoms with van der Waals surface area (Å²) in [6, 6.07) is 8.24. The van der Waals surface area contributed by atoms with Crippen molar-refractivity contribution in [2.45, 2.75) is 36.4 Å². The summed E-state index contributed by atoms with van der Waals surface area (Å²) >= 11 is 9.90. The van der Waals surface area contributed by atoms with Gasteiger partial charge in [-0.05, 0) is 36.8 Å². The van der Waals surface area contributed by atoms with Crippen molar-refractivity contribution in [3.63, 3.8) is 0 Å². The van der Waals surface area contributed by atoms with Crippen molar-refractivity contribution in [3.05, 3.63) is 34.9 Å². The van der Waals surface area contributed by atoms with Crippen LogP contribution in [-0.2, 0) is 0 Å². The Labute approximate surface area is 98.8 Å². The molecule has 1 fully saturated rings. The molecule has 2 unspecified atom stereocenters. The van der Waals surface area contributed by atoms with Crippen LogP contribution in [-0.4, -0.2) is 4.83 Å². The van der Waals surface area contributed by atoms with Crippen LogP contribution >= 0.6 is 27.5 Å². The summed E-state index contributed by atoms with van der Waals surface area (Å²) in [4.78, 5) is 0.678. The lowest BCUT2D eigenvalue weighted by Gasteiger charge is -2.26. The third kappa shape index (κ3) is 2.32. The molecule has 2 heteroatoms. The van der Waals surface area contributed by atoms with Gasteiger partial charge in [-0.1, -0.05) is 52.2 Å². The maximum Gasteiger partial charge on any atom is 0.0440 e. The van der Waals surface area contributed by atoms with Crippen LogP contribution in [0.1, 0.15) is 37.2 Å². The Morgan fingerprint density at radius 1 is 1.21 bits per heavy atom. The molecule has 1 aromatic rings. The first-order chi connectivity index (χ1) is 6.77. The number of benzene rings is 1. The molecule has 0 aromatic heterocycles. The zero-order chi connectivity index (χ0) is 9.97. The molecule has 0 N–H and O–H groups in total. The van der Waals surface area contributed by atoms with Crippen molar-refractivity contribution >= 4 is 27.5 Å². The van der Waals surface area contributed by atoms with Crippen LogP contribution in [0.25, 0.3) is 0 Å². The third-order valence-corrected chi connectivity index (χ3v) is 4.13. The van der Waals surface area contributed by atoms with E-state index in [0.29, 0.717) is 10.7 Å². The minimum absolute atomic E-state index is 0.654. The fourth-order valence-corrected chi connectivity index (χ4v) is 3.28. The molecule has 0 nitrogen and oxygen atoms in total. The average molecular weight is 274 g/mol. The van der Waals surface area contributed by atoms with E-state index in [1.165, 1.54) is 31.2 Å². The largest absolute Gasteiger partial charge is 0.0890 e. The molecule has 1 aliphatic carbocycles. The van der Waals surface area contributed by atoms with E-state index >= 15 is 0 Å². The van der Waals surface area contributed by atoms with Crippen LogP contribution in [0.2, 0.25) is 5.02 Å². The molecule has 0 spiro atoms. The van der Waals surface area contributed by atoms with Gasteiger partial charge in [0, 0.05) is 9.85 Å². The van der Waals surface area contributed by atoms with Gasteiger partial charge in [0.2, 0.25) is 0 Å². The second-order valence-electron chi connectivity index (χ2n) is 3.98. The molecule has 0 amide bonds. The van der Waals surface area contributed by atoms with Crippen LogP contribution in [0.4, 0.5) is 0 Å². The quantitative estimate of drug-likeness (QED) is 0.647.